The lowest BCUT2D eigenvalue weighted by Crippen LogP contribution is -2.48. The maximum atomic E-state index is 13.7. The number of piperazine rings is 1. The second-order valence-corrected chi connectivity index (χ2v) is 7.82. The van der Waals surface area contributed by atoms with Gasteiger partial charge in [-0.2, -0.15) is 0 Å². The van der Waals surface area contributed by atoms with Crippen LogP contribution in [-0.2, 0) is 11.3 Å². The number of benzene rings is 2. The third-order valence-electron chi connectivity index (χ3n) is 5.64. The third kappa shape index (κ3) is 6.64. The van der Waals surface area contributed by atoms with Crippen molar-refractivity contribution in [1.29, 1.82) is 0 Å². The van der Waals surface area contributed by atoms with Crippen LogP contribution in [0.25, 0.3) is 0 Å². The number of methoxy groups -OCH3 is 2. The van der Waals surface area contributed by atoms with E-state index in [9.17, 15) is 18.4 Å². The lowest BCUT2D eigenvalue weighted by molar-refractivity contribution is -0.133. The first-order valence-electron chi connectivity index (χ1n) is 10.9. The van der Waals surface area contributed by atoms with Crippen LogP contribution in [-0.4, -0.2) is 68.6 Å². The summed E-state index contributed by atoms with van der Waals surface area (Å²) in [4.78, 5) is 28.6. The summed E-state index contributed by atoms with van der Waals surface area (Å²) in [7, 11) is 3.27. The van der Waals surface area contributed by atoms with Crippen molar-refractivity contribution in [3.63, 3.8) is 0 Å². The fraction of sp³-hybridized carbons (Fsp3) is 0.417. The molecule has 0 spiro atoms. The number of carbonyl (C=O) groups is 2. The van der Waals surface area contributed by atoms with E-state index >= 15 is 0 Å². The molecule has 33 heavy (non-hydrogen) atoms. The molecule has 1 aliphatic rings. The van der Waals surface area contributed by atoms with Gasteiger partial charge < -0.3 is 19.7 Å². The van der Waals surface area contributed by atoms with Crippen LogP contribution in [0, 0.1) is 11.6 Å². The molecule has 0 atom stereocenters. The van der Waals surface area contributed by atoms with Crippen LogP contribution in [0.4, 0.5) is 8.78 Å². The Morgan fingerprint density at radius 1 is 1.00 bits per heavy atom. The summed E-state index contributed by atoms with van der Waals surface area (Å²) in [6, 6.07) is 8.51. The first-order chi connectivity index (χ1) is 15.9. The second-order valence-electron chi connectivity index (χ2n) is 7.82. The normalized spacial score (nSPS) is 14.1. The molecule has 3 rings (SSSR count). The molecule has 7 nitrogen and oxygen atoms in total. The summed E-state index contributed by atoms with van der Waals surface area (Å²) in [6.07, 6.45) is 0.727. The van der Waals surface area contributed by atoms with E-state index < -0.39 is 17.5 Å². The summed E-state index contributed by atoms with van der Waals surface area (Å²) < 4.78 is 37.4. The Balaban J connectivity index is 1.39. The highest BCUT2D eigenvalue weighted by molar-refractivity contribution is 5.94. The number of ether oxygens (including phenoxy) is 2. The zero-order valence-electron chi connectivity index (χ0n) is 18.9. The molecule has 9 heteroatoms. The molecular formula is C24H29F2N3O4. The maximum Gasteiger partial charge on any atom is 0.254 e. The Hall–Kier alpha value is -3.20. The molecule has 178 valence electrons. The molecule has 1 aliphatic heterocycles. The molecule has 0 unspecified atom stereocenters. The van der Waals surface area contributed by atoms with E-state index in [1.165, 1.54) is 0 Å². The molecule has 2 aromatic carbocycles. The Labute approximate surface area is 192 Å². The van der Waals surface area contributed by atoms with E-state index in [1.807, 2.05) is 23.1 Å². The van der Waals surface area contributed by atoms with Gasteiger partial charge in [0.25, 0.3) is 5.91 Å². The van der Waals surface area contributed by atoms with Crippen molar-refractivity contribution >= 4 is 11.8 Å². The molecule has 1 N–H and O–H groups in total. The van der Waals surface area contributed by atoms with Crippen molar-refractivity contribution in [3.8, 4) is 11.5 Å². The van der Waals surface area contributed by atoms with Gasteiger partial charge in [-0.05, 0) is 36.8 Å². The van der Waals surface area contributed by atoms with Gasteiger partial charge in [-0.15, -0.1) is 0 Å². The molecule has 0 aromatic heterocycles. The van der Waals surface area contributed by atoms with Gasteiger partial charge in [-0.3, -0.25) is 14.5 Å². The van der Waals surface area contributed by atoms with Gasteiger partial charge in [0.15, 0.2) is 0 Å². The third-order valence-corrected chi connectivity index (χ3v) is 5.64. The summed E-state index contributed by atoms with van der Waals surface area (Å²) in [5, 5.41) is 2.57. The van der Waals surface area contributed by atoms with E-state index in [0.717, 1.165) is 42.3 Å². The SMILES string of the molecule is COc1ccc(OC)c(CN2CCN(C(=O)CCCNC(=O)c3ccc(F)cc3F)CC2)c1. The Morgan fingerprint density at radius 3 is 2.42 bits per heavy atom. The second kappa shape index (κ2) is 11.6. The summed E-state index contributed by atoms with van der Waals surface area (Å²) >= 11 is 0. The number of halogens is 2. The number of carbonyl (C=O) groups excluding carboxylic acids is 2. The predicted octanol–water partition coefficient (Wildman–Crippen LogP) is 2.84. The number of hydrogen-bond donors (Lipinski definition) is 1. The van der Waals surface area contributed by atoms with Gasteiger partial charge in [0.1, 0.15) is 23.1 Å². The van der Waals surface area contributed by atoms with Gasteiger partial charge in [0.2, 0.25) is 5.91 Å². The quantitative estimate of drug-likeness (QED) is 0.582. The van der Waals surface area contributed by atoms with Crippen LogP contribution < -0.4 is 14.8 Å². The number of amides is 2. The van der Waals surface area contributed by atoms with E-state index in [-0.39, 0.29) is 24.4 Å². The van der Waals surface area contributed by atoms with Gasteiger partial charge in [0, 0.05) is 57.3 Å². The number of nitrogens with zero attached hydrogens (tertiary/aromatic N) is 2. The molecule has 1 saturated heterocycles. The highest BCUT2D eigenvalue weighted by Gasteiger charge is 2.22. The minimum absolute atomic E-state index is 0.0239. The topological polar surface area (TPSA) is 71.1 Å². The van der Waals surface area contributed by atoms with Crippen molar-refractivity contribution < 1.29 is 27.8 Å². The Bertz CT molecular complexity index is 978. The highest BCUT2D eigenvalue weighted by atomic mass is 19.1. The summed E-state index contributed by atoms with van der Waals surface area (Å²) in [5.41, 5.74) is 0.816. The molecule has 0 radical (unpaired) electrons. The van der Waals surface area contributed by atoms with E-state index in [4.69, 9.17) is 9.47 Å². The molecule has 1 fully saturated rings. The van der Waals surface area contributed by atoms with Crippen molar-refractivity contribution in [2.45, 2.75) is 19.4 Å². The van der Waals surface area contributed by atoms with Crippen LogP contribution in [0.3, 0.4) is 0 Å². The van der Waals surface area contributed by atoms with Crippen LogP contribution >= 0.6 is 0 Å². The fourth-order valence-electron chi connectivity index (χ4n) is 3.77. The van der Waals surface area contributed by atoms with Gasteiger partial charge in [-0.1, -0.05) is 0 Å². The fourth-order valence-corrected chi connectivity index (χ4v) is 3.77. The number of rotatable bonds is 9. The van der Waals surface area contributed by atoms with Crippen LogP contribution in [0.1, 0.15) is 28.8 Å². The van der Waals surface area contributed by atoms with Crippen molar-refractivity contribution in [2.24, 2.45) is 0 Å². The minimum atomic E-state index is -0.909. The lowest BCUT2D eigenvalue weighted by atomic mass is 10.1. The van der Waals surface area contributed by atoms with Crippen molar-refractivity contribution in [2.75, 3.05) is 46.9 Å². The van der Waals surface area contributed by atoms with Crippen molar-refractivity contribution in [3.05, 3.63) is 59.2 Å². The number of nitrogens with one attached hydrogen (secondary N) is 1. The highest BCUT2D eigenvalue weighted by Crippen LogP contribution is 2.25. The molecular weight excluding hydrogens is 432 g/mol. The van der Waals surface area contributed by atoms with Gasteiger partial charge >= 0.3 is 0 Å². The smallest absolute Gasteiger partial charge is 0.254 e. The first kappa shape index (κ1) is 24.4. The molecule has 1 heterocycles. The Morgan fingerprint density at radius 2 is 1.76 bits per heavy atom. The predicted molar refractivity (Wildman–Crippen MR) is 119 cm³/mol. The molecule has 0 bridgehead atoms. The summed E-state index contributed by atoms with van der Waals surface area (Å²) in [6.45, 7) is 3.67. The van der Waals surface area contributed by atoms with E-state index in [1.54, 1.807) is 14.2 Å². The minimum Gasteiger partial charge on any atom is -0.497 e. The van der Waals surface area contributed by atoms with Crippen LogP contribution in [0.15, 0.2) is 36.4 Å². The average molecular weight is 462 g/mol. The van der Waals surface area contributed by atoms with Crippen LogP contribution in [0.5, 0.6) is 11.5 Å². The van der Waals surface area contributed by atoms with Crippen LogP contribution in [0.2, 0.25) is 0 Å². The van der Waals surface area contributed by atoms with Gasteiger partial charge in [0.05, 0.1) is 19.8 Å². The average Bonchev–Trinajstić information content (AvgIpc) is 2.82. The molecule has 2 amide bonds. The zero-order valence-corrected chi connectivity index (χ0v) is 18.9. The molecule has 0 saturated carbocycles. The lowest BCUT2D eigenvalue weighted by Gasteiger charge is -2.35. The first-order valence-corrected chi connectivity index (χ1v) is 10.9. The standard InChI is InChI=1S/C24H29F2N3O4/c1-32-19-6-8-22(33-2)17(14-19)16-28-10-12-29(13-11-28)23(30)4-3-9-27-24(31)20-7-5-18(25)15-21(20)26/h5-8,14-15H,3-4,9-13,16H2,1-2H3,(H,27,31). The van der Waals surface area contributed by atoms with E-state index in [0.29, 0.717) is 32.1 Å². The van der Waals surface area contributed by atoms with Crippen molar-refractivity contribution in [1.82, 2.24) is 15.1 Å². The Kier molecular flexibility index (Phi) is 8.59. The maximum absolute atomic E-state index is 13.7. The molecule has 0 aliphatic carbocycles. The van der Waals surface area contributed by atoms with E-state index in [2.05, 4.69) is 10.2 Å². The molecule has 2 aromatic rings. The van der Waals surface area contributed by atoms with Gasteiger partial charge in [-0.25, -0.2) is 8.78 Å². The largest absolute Gasteiger partial charge is 0.497 e. The zero-order chi connectivity index (χ0) is 23.8. The monoisotopic (exact) mass is 461 g/mol. The summed E-state index contributed by atoms with van der Waals surface area (Å²) in [5.74, 6) is -0.673. The number of hydrogen-bond acceptors (Lipinski definition) is 5.